The topological polar surface area (TPSA) is 45.2 Å². The Labute approximate surface area is 159 Å². The fourth-order valence-electron chi connectivity index (χ4n) is 3.66. The molecule has 134 valence electrons. The molecule has 1 N–H and O–H groups in total. The number of carbonyl (C=O) groups excluding carboxylic acids is 1. The van der Waals surface area contributed by atoms with Crippen LogP contribution in [0.5, 0.6) is 0 Å². The maximum absolute atomic E-state index is 12.6. The van der Waals surface area contributed by atoms with E-state index in [4.69, 9.17) is 12.2 Å². The summed E-state index contributed by atoms with van der Waals surface area (Å²) >= 11 is 5.58. The summed E-state index contributed by atoms with van der Waals surface area (Å²) in [5.41, 5.74) is 3.14. The second-order valence-electron chi connectivity index (χ2n) is 7.15. The second-order valence-corrected chi connectivity index (χ2v) is 7.53. The van der Waals surface area contributed by atoms with Crippen molar-refractivity contribution in [1.82, 2.24) is 15.2 Å². The third-order valence-electron chi connectivity index (χ3n) is 5.27. The van der Waals surface area contributed by atoms with Crippen LogP contribution in [0.3, 0.4) is 0 Å². The minimum atomic E-state index is -0.132. The van der Waals surface area contributed by atoms with Crippen LogP contribution in [0.15, 0.2) is 48.8 Å². The highest BCUT2D eigenvalue weighted by molar-refractivity contribution is 7.80. The molecule has 1 saturated carbocycles. The first-order chi connectivity index (χ1) is 12.7. The Morgan fingerprint density at radius 2 is 1.88 bits per heavy atom. The van der Waals surface area contributed by atoms with Crippen molar-refractivity contribution in [3.8, 4) is 0 Å². The van der Waals surface area contributed by atoms with Gasteiger partial charge in [0, 0.05) is 24.5 Å². The van der Waals surface area contributed by atoms with Crippen LogP contribution < -0.4 is 5.32 Å². The number of pyridine rings is 1. The maximum Gasteiger partial charge on any atom is 0.257 e. The summed E-state index contributed by atoms with van der Waals surface area (Å²) in [6.45, 7) is 0.860. The van der Waals surface area contributed by atoms with Crippen LogP contribution in [0.4, 0.5) is 0 Å². The number of aromatic nitrogens is 1. The van der Waals surface area contributed by atoms with Gasteiger partial charge >= 0.3 is 0 Å². The van der Waals surface area contributed by atoms with Crippen LogP contribution in [0.2, 0.25) is 0 Å². The number of piperidine rings is 1. The lowest BCUT2D eigenvalue weighted by Crippen LogP contribution is -2.46. The number of thiocarbonyl (C=S) groups is 1. The summed E-state index contributed by atoms with van der Waals surface area (Å²) in [6, 6.07) is 12.1. The molecular formula is C21H23N3OS. The van der Waals surface area contributed by atoms with E-state index in [0.717, 1.165) is 31.4 Å². The molecule has 1 amide bonds. The van der Waals surface area contributed by atoms with Crippen LogP contribution in [-0.2, 0) is 0 Å². The van der Waals surface area contributed by atoms with Gasteiger partial charge in [0.05, 0.1) is 6.04 Å². The number of rotatable bonds is 3. The highest BCUT2D eigenvalue weighted by Gasteiger charge is 2.27. The number of hydrogen-bond donors (Lipinski definition) is 1. The van der Waals surface area contributed by atoms with Crippen molar-refractivity contribution in [2.75, 3.05) is 6.54 Å². The lowest BCUT2D eigenvalue weighted by molar-refractivity contribution is 0.0969. The lowest BCUT2D eigenvalue weighted by atomic mass is 9.97. The number of amides is 1. The summed E-state index contributed by atoms with van der Waals surface area (Å²) in [6.07, 6.45) is 9.47. The molecule has 4 nitrogen and oxygen atoms in total. The van der Waals surface area contributed by atoms with E-state index in [1.165, 1.54) is 18.4 Å². The number of nitrogens with zero attached hydrogens (tertiary/aromatic N) is 2. The highest BCUT2D eigenvalue weighted by Crippen LogP contribution is 2.39. The predicted molar refractivity (Wildman–Crippen MR) is 106 cm³/mol. The van der Waals surface area contributed by atoms with Crippen molar-refractivity contribution in [3.05, 3.63) is 65.5 Å². The molecule has 1 saturated heterocycles. The van der Waals surface area contributed by atoms with Crippen molar-refractivity contribution in [2.24, 2.45) is 0 Å². The van der Waals surface area contributed by atoms with Gasteiger partial charge < -0.3 is 4.90 Å². The van der Waals surface area contributed by atoms with Gasteiger partial charge in [-0.1, -0.05) is 18.2 Å². The predicted octanol–water partition coefficient (Wildman–Crippen LogP) is 4.20. The van der Waals surface area contributed by atoms with Crippen LogP contribution in [-0.4, -0.2) is 27.4 Å². The van der Waals surface area contributed by atoms with Crippen molar-refractivity contribution in [3.63, 3.8) is 0 Å². The molecule has 1 aromatic heterocycles. The zero-order valence-corrected chi connectivity index (χ0v) is 15.5. The molecule has 1 aliphatic carbocycles. The summed E-state index contributed by atoms with van der Waals surface area (Å²) in [7, 11) is 0. The van der Waals surface area contributed by atoms with Crippen LogP contribution in [0.25, 0.3) is 0 Å². The molecule has 2 heterocycles. The summed E-state index contributed by atoms with van der Waals surface area (Å²) < 4.78 is 0. The Balaban J connectivity index is 1.44. The van der Waals surface area contributed by atoms with Crippen molar-refractivity contribution >= 4 is 23.2 Å². The van der Waals surface area contributed by atoms with Crippen LogP contribution in [0, 0.1) is 0 Å². The van der Waals surface area contributed by atoms with Crippen molar-refractivity contribution in [1.29, 1.82) is 0 Å². The zero-order chi connectivity index (χ0) is 17.9. The van der Waals surface area contributed by atoms with E-state index in [9.17, 15) is 4.79 Å². The molecule has 1 aliphatic heterocycles. The summed E-state index contributed by atoms with van der Waals surface area (Å²) in [4.78, 5) is 19.0. The summed E-state index contributed by atoms with van der Waals surface area (Å²) in [5.74, 6) is 0.564. The first-order valence-electron chi connectivity index (χ1n) is 9.34. The molecule has 0 spiro atoms. The van der Waals surface area contributed by atoms with E-state index in [2.05, 4.69) is 33.4 Å². The number of nitrogens with one attached hydrogen (secondary N) is 1. The quantitative estimate of drug-likeness (QED) is 0.828. The van der Waals surface area contributed by atoms with Crippen molar-refractivity contribution < 1.29 is 4.79 Å². The van der Waals surface area contributed by atoms with Gasteiger partial charge in [0.1, 0.15) is 0 Å². The smallest absolute Gasteiger partial charge is 0.257 e. The molecule has 0 radical (unpaired) electrons. The van der Waals surface area contributed by atoms with E-state index < -0.39 is 0 Å². The van der Waals surface area contributed by atoms with E-state index in [1.807, 2.05) is 24.4 Å². The average molecular weight is 366 g/mol. The van der Waals surface area contributed by atoms with E-state index in [1.54, 1.807) is 6.20 Å². The minimum absolute atomic E-state index is 0.132. The standard InChI is InChI=1S/C21H23N3OS/c25-20(17-10-8-16(9-11-17)15-6-7-15)23-21(26)24-13-2-1-5-19(24)18-4-3-12-22-14-18/h3-4,8-12,14-15,19H,1-2,5-7,13H2,(H,23,25,26). The minimum Gasteiger partial charge on any atom is -0.342 e. The summed E-state index contributed by atoms with van der Waals surface area (Å²) in [5, 5.41) is 3.44. The molecule has 1 unspecified atom stereocenters. The number of hydrogen-bond acceptors (Lipinski definition) is 3. The van der Waals surface area contributed by atoms with Gasteiger partial charge in [-0.3, -0.25) is 15.1 Å². The molecule has 26 heavy (non-hydrogen) atoms. The monoisotopic (exact) mass is 365 g/mol. The van der Waals surface area contributed by atoms with Gasteiger partial charge in [0.2, 0.25) is 0 Å². The molecule has 1 aromatic carbocycles. The fraction of sp³-hybridized carbons (Fsp3) is 0.381. The van der Waals surface area contributed by atoms with E-state index >= 15 is 0 Å². The molecule has 1 atom stereocenters. The van der Waals surface area contributed by atoms with Gasteiger partial charge in [0.25, 0.3) is 5.91 Å². The van der Waals surface area contributed by atoms with Gasteiger partial charge in [-0.25, -0.2) is 0 Å². The molecule has 4 rings (SSSR count). The Hall–Kier alpha value is -2.27. The first kappa shape index (κ1) is 17.2. The van der Waals surface area contributed by atoms with Crippen LogP contribution >= 0.6 is 12.2 Å². The zero-order valence-electron chi connectivity index (χ0n) is 14.7. The first-order valence-corrected chi connectivity index (χ1v) is 9.75. The Morgan fingerprint density at radius 1 is 1.08 bits per heavy atom. The number of carbonyl (C=O) groups is 1. The van der Waals surface area contributed by atoms with Gasteiger partial charge in [-0.05, 0) is 79.6 Å². The van der Waals surface area contributed by atoms with Gasteiger partial charge in [-0.15, -0.1) is 0 Å². The van der Waals surface area contributed by atoms with E-state index in [0.29, 0.717) is 16.6 Å². The Morgan fingerprint density at radius 3 is 2.58 bits per heavy atom. The third kappa shape index (κ3) is 3.78. The van der Waals surface area contributed by atoms with Gasteiger partial charge in [-0.2, -0.15) is 0 Å². The SMILES string of the molecule is O=C(NC(=S)N1CCCCC1c1cccnc1)c1ccc(C2CC2)cc1. The number of likely N-dealkylation sites (tertiary alicyclic amines) is 1. The Bertz CT molecular complexity index is 787. The molecule has 2 aliphatic rings. The van der Waals surface area contributed by atoms with Gasteiger partial charge in [0.15, 0.2) is 5.11 Å². The van der Waals surface area contributed by atoms with Crippen molar-refractivity contribution in [2.45, 2.75) is 44.1 Å². The maximum atomic E-state index is 12.6. The molecule has 0 bridgehead atoms. The highest BCUT2D eigenvalue weighted by atomic mass is 32.1. The molecule has 2 fully saturated rings. The van der Waals surface area contributed by atoms with Crippen LogP contribution in [0.1, 0.15) is 65.5 Å². The number of benzene rings is 1. The molecular weight excluding hydrogens is 342 g/mol. The molecule has 5 heteroatoms. The average Bonchev–Trinajstić information content (AvgIpc) is 3.54. The molecule has 2 aromatic rings. The lowest BCUT2D eigenvalue weighted by Gasteiger charge is -2.37. The fourth-order valence-corrected chi connectivity index (χ4v) is 3.97. The van der Waals surface area contributed by atoms with E-state index in [-0.39, 0.29) is 11.9 Å². The Kier molecular flexibility index (Phi) is 4.98. The largest absolute Gasteiger partial charge is 0.342 e. The third-order valence-corrected chi connectivity index (χ3v) is 5.61. The second kappa shape index (κ2) is 7.54. The normalized spacial score (nSPS) is 19.8.